The molecule has 106 valence electrons. The van der Waals surface area contributed by atoms with Crippen LogP contribution < -0.4 is 10.6 Å². The SMILES string of the molecule is CCCC(C)(C)NC(=O)c1ccnc(NCC)c1F. The summed E-state index contributed by atoms with van der Waals surface area (Å²) in [4.78, 5) is 16.0. The quantitative estimate of drug-likeness (QED) is 0.833. The zero-order chi connectivity index (χ0) is 14.5. The fraction of sp³-hybridized carbons (Fsp3) is 0.571. The van der Waals surface area contributed by atoms with Gasteiger partial charge in [-0.3, -0.25) is 4.79 Å². The first kappa shape index (κ1) is 15.4. The van der Waals surface area contributed by atoms with Crippen LogP contribution in [0.4, 0.5) is 10.2 Å². The van der Waals surface area contributed by atoms with Crippen LogP contribution in [0.3, 0.4) is 0 Å². The highest BCUT2D eigenvalue weighted by atomic mass is 19.1. The lowest BCUT2D eigenvalue weighted by atomic mass is 9.98. The number of hydrogen-bond acceptors (Lipinski definition) is 3. The molecule has 2 N–H and O–H groups in total. The van der Waals surface area contributed by atoms with Crippen molar-refractivity contribution < 1.29 is 9.18 Å². The van der Waals surface area contributed by atoms with Gasteiger partial charge in [0.15, 0.2) is 11.6 Å². The lowest BCUT2D eigenvalue weighted by Gasteiger charge is -2.26. The summed E-state index contributed by atoms with van der Waals surface area (Å²) in [6.45, 7) is 8.30. The van der Waals surface area contributed by atoms with Crippen molar-refractivity contribution in [2.24, 2.45) is 0 Å². The maximum atomic E-state index is 14.1. The molecule has 1 aromatic heterocycles. The van der Waals surface area contributed by atoms with Gasteiger partial charge in [0.2, 0.25) is 0 Å². The number of amides is 1. The molecule has 0 unspecified atom stereocenters. The van der Waals surface area contributed by atoms with Crippen molar-refractivity contribution >= 4 is 11.7 Å². The molecule has 5 heteroatoms. The number of pyridine rings is 1. The van der Waals surface area contributed by atoms with E-state index in [0.717, 1.165) is 12.8 Å². The Balaban J connectivity index is 2.91. The number of nitrogens with one attached hydrogen (secondary N) is 2. The maximum absolute atomic E-state index is 14.1. The standard InChI is InChI=1S/C14H22FN3O/c1-5-8-14(3,4)18-13(19)10-7-9-17-12(11(10)15)16-6-2/h7,9H,5-6,8H2,1-4H3,(H,16,17)(H,18,19). The zero-order valence-corrected chi connectivity index (χ0v) is 12.0. The third-order valence-electron chi connectivity index (χ3n) is 2.80. The monoisotopic (exact) mass is 267 g/mol. The molecule has 0 saturated heterocycles. The van der Waals surface area contributed by atoms with Gasteiger partial charge in [0, 0.05) is 18.3 Å². The number of nitrogens with zero attached hydrogens (tertiary/aromatic N) is 1. The zero-order valence-electron chi connectivity index (χ0n) is 12.0. The van der Waals surface area contributed by atoms with Crippen LogP contribution in [-0.4, -0.2) is 23.0 Å². The van der Waals surface area contributed by atoms with Crippen molar-refractivity contribution in [3.05, 3.63) is 23.6 Å². The minimum Gasteiger partial charge on any atom is -0.368 e. The molecular formula is C14H22FN3O. The molecule has 0 fully saturated rings. The lowest BCUT2D eigenvalue weighted by molar-refractivity contribution is 0.0905. The molecule has 0 aromatic carbocycles. The summed E-state index contributed by atoms with van der Waals surface area (Å²) >= 11 is 0. The normalized spacial score (nSPS) is 11.2. The number of halogens is 1. The van der Waals surface area contributed by atoms with Crippen molar-refractivity contribution in [1.82, 2.24) is 10.3 Å². The van der Waals surface area contributed by atoms with Gasteiger partial charge >= 0.3 is 0 Å². The molecule has 1 amide bonds. The van der Waals surface area contributed by atoms with Gasteiger partial charge in [-0.15, -0.1) is 0 Å². The highest BCUT2D eigenvalue weighted by Crippen LogP contribution is 2.17. The topological polar surface area (TPSA) is 54.0 Å². The fourth-order valence-corrected chi connectivity index (χ4v) is 1.97. The second-order valence-corrected chi connectivity index (χ2v) is 5.14. The van der Waals surface area contributed by atoms with Crippen molar-refractivity contribution in [3.63, 3.8) is 0 Å². The van der Waals surface area contributed by atoms with Crippen LogP contribution in [0.1, 0.15) is 50.9 Å². The highest BCUT2D eigenvalue weighted by Gasteiger charge is 2.23. The minimum absolute atomic E-state index is 0.0233. The Morgan fingerprint density at radius 3 is 2.68 bits per heavy atom. The molecule has 1 heterocycles. The van der Waals surface area contributed by atoms with Crippen LogP contribution in [-0.2, 0) is 0 Å². The van der Waals surface area contributed by atoms with E-state index >= 15 is 0 Å². The number of carbonyl (C=O) groups is 1. The molecule has 0 bridgehead atoms. The Labute approximate surface area is 113 Å². The summed E-state index contributed by atoms with van der Waals surface area (Å²) in [5.74, 6) is -0.893. The Morgan fingerprint density at radius 1 is 1.42 bits per heavy atom. The molecule has 4 nitrogen and oxygen atoms in total. The van der Waals surface area contributed by atoms with Crippen molar-refractivity contribution in [1.29, 1.82) is 0 Å². The first-order valence-electron chi connectivity index (χ1n) is 6.62. The van der Waals surface area contributed by atoms with E-state index < -0.39 is 11.7 Å². The molecule has 1 aromatic rings. The Kier molecular flexibility index (Phi) is 5.27. The van der Waals surface area contributed by atoms with E-state index in [0.29, 0.717) is 6.54 Å². The number of carbonyl (C=O) groups excluding carboxylic acids is 1. The fourth-order valence-electron chi connectivity index (χ4n) is 1.97. The molecule has 0 aliphatic rings. The van der Waals surface area contributed by atoms with E-state index in [4.69, 9.17) is 0 Å². The van der Waals surface area contributed by atoms with E-state index in [1.165, 1.54) is 12.3 Å². The van der Waals surface area contributed by atoms with E-state index in [2.05, 4.69) is 15.6 Å². The third kappa shape index (κ3) is 4.19. The van der Waals surface area contributed by atoms with Gasteiger partial charge in [-0.25, -0.2) is 9.37 Å². The lowest BCUT2D eigenvalue weighted by Crippen LogP contribution is -2.43. The van der Waals surface area contributed by atoms with Crippen LogP contribution in [0.15, 0.2) is 12.3 Å². The van der Waals surface area contributed by atoms with Gasteiger partial charge in [0.05, 0.1) is 5.56 Å². The van der Waals surface area contributed by atoms with E-state index in [-0.39, 0.29) is 16.9 Å². The van der Waals surface area contributed by atoms with Crippen LogP contribution >= 0.6 is 0 Å². The van der Waals surface area contributed by atoms with Gasteiger partial charge in [-0.1, -0.05) is 13.3 Å². The maximum Gasteiger partial charge on any atom is 0.254 e. The first-order valence-corrected chi connectivity index (χ1v) is 6.62. The van der Waals surface area contributed by atoms with Crippen LogP contribution in [0.5, 0.6) is 0 Å². The molecule has 19 heavy (non-hydrogen) atoms. The van der Waals surface area contributed by atoms with E-state index in [1.807, 2.05) is 27.7 Å². The van der Waals surface area contributed by atoms with Crippen LogP contribution in [0.25, 0.3) is 0 Å². The number of aromatic nitrogens is 1. The second-order valence-electron chi connectivity index (χ2n) is 5.14. The number of anilines is 1. The predicted octanol–water partition coefficient (Wildman–Crippen LogP) is 2.96. The summed E-state index contributed by atoms with van der Waals surface area (Å²) in [6, 6.07) is 1.40. The van der Waals surface area contributed by atoms with Crippen LogP contribution in [0, 0.1) is 5.82 Å². The van der Waals surface area contributed by atoms with Crippen molar-refractivity contribution in [2.75, 3.05) is 11.9 Å². The van der Waals surface area contributed by atoms with Gasteiger partial charge in [0.1, 0.15) is 0 Å². The van der Waals surface area contributed by atoms with Gasteiger partial charge < -0.3 is 10.6 Å². The Bertz CT molecular complexity index is 446. The molecule has 0 spiro atoms. The minimum atomic E-state index is -0.603. The summed E-state index contributed by atoms with van der Waals surface area (Å²) in [5, 5.41) is 5.64. The van der Waals surface area contributed by atoms with E-state index in [1.54, 1.807) is 0 Å². The Morgan fingerprint density at radius 2 is 2.11 bits per heavy atom. The average molecular weight is 267 g/mol. The molecule has 0 aliphatic heterocycles. The molecule has 0 atom stereocenters. The van der Waals surface area contributed by atoms with Crippen molar-refractivity contribution in [3.8, 4) is 0 Å². The number of hydrogen-bond donors (Lipinski definition) is 2. The van der Waals surface area contributed by atoms with Gasteiger partial charge in [-0.2, -0.15) is 0 Å². The largest absolute Gasteiger partial charge is 0.368 e. The number of rotatable bonds is 6. The molecule has 0 radical (unpaired) electrons. The highest BCUT2D eigenvalue weighted by molar-refractivity contribution is 5.95. The first-order chi connectivity index (χ1) is 8.91. The molecule has 1 rings (SSSR count). The average Bonchev–Trinajstić information content (AvgIpc) is 2.31. The molecular weight excluding hydrogens is 245 g/mol. The Hall–Kier alpha value is -1.65. The summed E-state index contributed by atoms with van der Waals surface area (Å²) < 4.78 is 14.1. The van der Waals surface area contributed by atoms with Gasteiger partial charge in [0.25, 0.3) is 5.91 Å². The summed E-state index contributed by atoms with van der Waals surface area (Å²) in [7, 11) is 0. The van der Waals surface area contributed by atoms with Crippen LogP contribution in [0.2, 0.25) is 0 Å². The summed E-state index contributed by atoms with van der Waals surface area (Å²) in [5.41, 5.74) is -0.324. The van der Waals surface area contributed by atoms with E-state index in [9.17, 15) is 9.18 Å². The van der Waals surface area contributed by atoms with Gasteiger partial charge in [-0.05, 0) is 33.3 Å². The molecule has 0 saturated carbocycles. The smallest absolute Gasteiger partial charge is 0.254 e. The molecule has 0 aliphatic carbocycles. The van der Waals surface area contributed by atoms with Crippen molar-refractivity contribution in [2.45, 2.75) is 46.1 Å². The predicted molar refractivity (Wildman–Crippen MR) is 74.8 cm³/mol. The summed E-state index contributed by atoms with van der Waals surface area (Å²) in [6.07, 6.45) is 3.23. The second kappa shape index (κ2) is 6.50. The third-order valence-corrected chi connectivity index (χ3v) is 2.80.